The third kappa shape index (κ3) is 6.32. The second-order valence-electron chi connectivity index (χ2n) is 10.9. The van der Waals surface area contributed by atoms with Crippen LogP contribution in [-0.2, 0) is 29.8 Å². The van der Waals surface area contributed by atoms with Crippen molar-refractivity contribution in [2.45, 2.75) is 57.2 Å². The Morgan fingerprint density at radius 3 is 2.50 bits per heavy atom. The smallest absolute Gasteiger partial charge is 0.282 e. The summed E-state index contributed by atoms with van der Waals surface area (Å²) < 4.78 is 71.2. The Labute approximate surface area is 248 Å². The van der Waals surface area contributed by atoms with Crippen molar-refractivity contribution in [2.75, 3.05) is 0 Å². The quantitative estimate of drug-likeness (QED) is 0.228. The number of benzene rings is 2. The number of hydrogen-bond acceptors (Lipinski definition) is 5. The van der Waals surface area contributed by atoms with Crippen molar-refractivity contribution in [3.63, 3.8) is 0 Å². The molecule has 5 rings (SSSR count). The third-order valence-corrected chi connectivity index (χ3v) is 7.59. The molecule has 1 aliphatic carbocycles. The molecule has 0 fully saturated rings. The molecule has 0 aliphatic heterocycles. The molecule has 0 saturated carbocycles. The fraction of sp³-hybridized carbons (Fsp3) is 0.290. The van der Waals surface area contributed by atoms with E-state index >= 15 is 0 Å². The van der Waals surface area contributed by atoms with Crippen LogP contribution in [0.4, 0.5) is 22.0 Å². The van der Waals surface area contributed by atoms with Crippen molar-refractivity contribution in [2.24, 2.45) is 5.73 Å². The summed E-state index contributed by atoms with van der Waals surface area (Å²) >= 11 is 0. The molecule has 230 valence electrons. The molecule has 13 heteroatoms. The Morgan fingerprint density at radius 1 is 1.09 bits per heavy atom. The first-order valence-electron chi connectivity index (χ1n) is 13.7. The largest absolute Gasteiger partial charge is 0.384 e. The Hall–Kier alpha value is -4.65. The number of nitrogens with zero attached hydrogens (tertiary/aromatic N) is 3. The van der Waals surface area contributed by atoms with Crippen molar-refractivity contribution in [3.8, 4) is 11.1 Å². The molecule has 0 saturated heterocycles. The highest BCUT2D eigenvalue weighted by Gasteiger charge is 2.38. The molecule has 2 aromatic carbocycles. The number of carbonyl (C=O) groups is 2. The van der Waals surface area contributed by atoms with Crippen LogP contribution in [0.2, 0.25) is 0 Å². The molecule has 8 nitrogen and oxygen atoms in total. The number of amides is 2. The van der Waals surface area contributed by atoms with Gasteiger partial charge in [-0.25, -0.2) is 22.0 Å². The number of primary amides is 1. The van der Waals surface area contributed by atoms with Crippen LogP contribution < -0.4 is 11.1 Å². The number of nitrogens with one attached hydrogen (secondary N) is 1. The van der Waals surface area contributed by atoms with Gasteiger partial charge in [0.2, 0.25) is 5.91 Å². The molecule has 2 unspecified atom stereocenters. The summed E-state index contributed by atoms with van der Waals surface area (Å²) in [4.78, 5) is 29.7. The highest BCUT2D eigenvalue weighted by atomic mass is 19.3. The van der Waals surface area contributed by atoms with Gasteiger partial charge in [-0.3, -0.25) is 19.3 Å². The van der Waals surface area contributed by atoms with Crippen LogP contribution >= 0.6 is 0 Å². The van der Waals surface area contributed by atoms with Gasteiger partial charge < -0.3 is 16.2 Å². The van der Waals surface area contributed by atoms with E-state index in [0.717, 1.165) is 22.9 Å². The maximum atomic E-state index is 14.2. The average molecular weight is 614 g/mol. The number of aliphatic hydroxyl groups is 1. The van der Waals surface area contributed by atoms with Gasteiger partial charge in [-0.05, 0) is 74.1 Å². The lowest BCUT2D eigenvalue weighted by Gasteiger charge is -2.30. The predicted molar refractivity (Wildman–Crippen MR) is 149 cm³/mol. The lowest BCUT2D eigenvalue weighted by Crippen LogP contribution is -2.36. The number of halogens is 5. The highest BCUT2D eigenvalue weighted by Crippen LogP contribution is 2.39. The summed E-state index contributed by atoms with van der Waals surface area (Å²) in [6.45, 7) is 0.921. The molecule has 0 radical (unpaired) electrons. The number of pyridine rings is 1. The Bertz CT molecular complexity index is 1720. The minimum absolute atomic E-state index is 0.127. The van der Waals surface area contributed by atoms with Crippen molar-refractivity contribution < 1.29 is 36.6 Å². The van der Waals surface area contributed by atoms with Gasteiger partial charge in [0.05, 0.1) is 23.0 Å². The van der Waals surface area contributed by atoms with E-state index in [1.807, 2.05) is 0 Å². The molecule has 4 N–H and O–H groups in total. The number of alkyl halides is 2. The van der Waals surface area contributed by atoms with Gasteiger partial charge in [0.1, 0.15) is 35.3 Å². The van der Waals surface area contributed by atoms with E-state index in [4.69, 9.17) is 5.73 Å². The van der Waals surface area contributed by atoms with Crippen molar-refractivity contribution in [1.29, 1.82) is 0 Å². The van der Waals surface area contributed by atoms with Gasteiger partial charge in [-0.2, -0.15) is 5.10 Å². The topological polar surface area (TPSA) is 123 Å². The molecular weight excluding hydrogens is 585 g/mol. The number of hydrogen-bond donors (Lipinski definition) is 3. The van der Waals surface area contributed by atoms with Gasteiger partial charge in [0, 0.05) is 23.4 Å². The Kier molecular flexibility index (Phi) is 8.51. The fourth-order valence-electron chi connectivity index (χ4n) is 5.76. The number of fused-ring (bicyclic) bond motifs is 1. The van der Waals surface area contributed by atoms with E-state index in [0.29, 0.717) is 23.6 Å². The summed E-state index contributed by atoms with van der Waals surface area (Å²) in [5.74, 6) is -4.25. The lowest BCUT2D eigenvalue weighted by atomic mass is 9.84. The van der Waals surface area contributed by atoms with Gasteiger partial charge in [-0.15, -0.1) is 0 Å². The Morgan fingerprint density at radius 2 is 1.82 bits per heavy atom. The number of aromatic nitrogens is 3. The van der Waals surface area contributed by atoms with E-state index in [1.54, 1.807) is 12.1 Å². The maximum absolute atomic E-state index is 14.2. The van der Waals surface area contributed by atoms with Gasteiger partial charge in [-0.1, -0.05) is 12.1 Å². The van der Waals surface area contributed by atoms with Crippen LogP contribution in [0.5, 0.6) is 0 Å². The van der Waals surface area contributed by atoms with Crippen LogP contribution in [0.25, 0.3) is 11.1 Å². The summed E-state index contributed by atoms with van der Waals surface area (Å²) in [5, 5.41) is 17.7. The summed E-state index contributed by atoms with van der Waals surface area (Å²) in [7, 11) is 0. The summed E-state index contributed by atoms with van der Waals surface area (Å²) in [6, 6.07) is 8.64. The molecule has 4 aromatic rings. The second kappa shape index (κ2) is 12.2. The number of rotatable bonds is 9. The molecule has 2 atom stereocenters. The van der Waals surface area contributed by atoms with Crippen molar-refractivity contribution in [3.05, 3.63) is 106 Å². The lowest BCUT2D eigenvalue weighted by molar-refractivity contribution is -0.122. The molecule has 0 bridgehead atoms. The molecular formula is C31H28F5N5O3. The van der Waals surface area contributed by atoms with Crippen LogP contribution in [0.3, 0.4) is 0 Å². The van der Waals surface area contributed by atoms with Crippen LogP contribution in [0.15, 0.2) is 54.7 Å². The minimum Gasteiger partial charge on any atom is -0.384 e. The second-order valence-corrected chi connectivity index (χ2v) is 10.9. The highest BCUT2D eigenvalue weighted by molar-refractivity contribution is 5.94. The maximum Gasteiger partial charge on any atom is 0.282 e. The van der Waals surface area contributed by atoms with Crippen molar-refractivity contribution >= 4 is 11.8 Å². The molecule has 2 heterocycles. The zero-order valence-corrected chi connectivity index (χ0v) is 23.5. The summed E-state index contributed by atoms with van der Waals surface area (Å²) in [6.07, 6.45) is -0.652. The molecule has 2 aromatic heterocycles. The summed E-state index contributed by atoms with van der Waals surface area (Å²) in [5.41, 5.74) is 4.32. The van der Waals surface area contributed by atoms with E-state index in [1.165, 1.54) is 25.3 Å². The monoisotopic (exact) mass is 613 g/mol. The Balaban J connectivity index is 1.54. The molecule has 1 aliphatic rings. The van der Waals surface area contributed by atoms with Gasteiger partial charge >= 0.3 is 0 Å². The zero-order chi connectivity index (χ0) is 31.8. The molecule has 2 amide bonds. The van der Waals surface area contributed by atoms with Crippen LogP contribution in [0.1, 0.15) is 70.8 Å². The normalized spacial score (nSPS) is 16.9. The average Bonchev–Trinajstić information content (AvgIpc) is 3.32. The van der Waals surface area contributed by atoms with Crippen LogP contribution in [-0.4, -0.2) is 31.7 Å². The van der Waals surface area contributed by atoms with E-state index in [-0.39, 0.29) is 47.3 Å². The minimum atomic E-state index is -2.92. The van der Waals surface area contributed by atoms with E-state index in [9.17, 15) is 36.6 Å². The third-order valence-electron chi connectivity index (χ3n) is 7.59. The first-order valence-corrected chi connectivity index (χ1v) is 13.7. The number of nitrogens with two attached hydrogens (primary N) is 1. The zero-order valence-electron chi connectivity index (χ0n) is 23.5. The van der Waals surface area contributed by atoms with Gasteiger partial charge in [0.25, 0.3) is 12.3 Å². The molecule has 0 spiro atoms. The fourth-order valence-corrected chi connectivity index (χ4v) is 5.76. The molecule has 44 heavy (non-hydrogen) atoms. The first-order chi connectivity index (χ1) is 20.8. The van der Waals surface area contributed by atoms with Crippen LogP contribution in [0, 0.1) is 17.5 Å². The first kappa shape index (κ1) is 30.8. The van der Waals surface area contributed by atoms with Crippen molar-refractivity contribution in [1.82, 2.24) is 20.1 Å². The predicted octanol–water partition coefficient (Wildman–Crippen LogP) is 5.04. The van der Waals surface area contributed by atoms with Gasteiger partial charge in [0.15, 0.2) is 0 Å². The van der Waals surface area contributed by atoms with E-state index in [2.05, 4.69) is 15.4 Å². The van der Waals surface area contributed by atoms with E-state index < -0.39 is 59.6 Å². The SMILES string of the molecule is CC1(O)CCCc2c(C(F)F)nn(CC(=O)NC(Cc3cc(F)cc(F)c3)c3ncccc3-c3ccc(F)c(C(N)=O)c3)c21. The number of carbonyl (C=O) groups excluding carboxylic acids is 2. The standard InChI is InChI=1S/C31H28F5N5O3/c1-31(44)8-2-4-21-27(29(35)36)40-41(28(21)31)15-25(42)39-24(12-16-10-18(32)14-19(33)11-16)26-20(5-3-9-38-26)17-6-7-23(34)22(13-17)30(37)43/h3,5-7,9-11,13-14,24,29,44H,2,4,8,12,15H2,1H3,(H2,37,43)(H,39,42).